The van der Waals surface area contributed by atoms with Gasteiger partial charge in [-0.05, 0) is 19.3 Å². The maximum atomic E-state index is 11.4. The predicted molar refractivity (Wildman–Crippen MR) is 45.2 cm³/mol. The van der Waals surface area contributed by atoms with Gasteiger partial charge >= 0.3 is 0 Å². The summed E-state index contributed by atoms with van der Waals surface area (Å²) in [6, 6.07) is 0. The van der Waals surface area contributed by atoms with Crippen molar-refractivity contribution in [3.05, 3.63) is 12.2 Å². The Morgan fingerprint density at radius 2 is 2.18 bits per heavy atom. The summed E-state index contributed by atoms with van der Waals surface area (Å²) in [5.41, 5.74) is 0. The highest BCUT2D eigenvalue weighted by atomic mass is 16.2. The zero-order valence-corrected chi connectivity index (χ0v) is 7.21. The number of rotatable bonds is 1. The molecule has 0 N–H and O–H groups in total. The van der Waals surface area contributed by atoms with Crippen molar-refractivity contribution in [1.29, 1.82) is 0 Å². The third kappa shape index (κ3) is 2.07. The molecule has 2 heteroatoms. The van der Waals surface area contributed by atoms with E-state index in [4.69, 9.17) is 0 Å². The van der Waals surface area contributed by atoms with Crippen molar-refractivity contribution in [2.24, 2.45) is 5.92 Å². The summed E-state index contributed by atoms with van der Waals surface area (Å²) in [4.78, 5) is 13.1. The topological polar surface area (TPSA) is 20.3 Å². The Labute approximate surface area is 67.9 Å². The summed E-state index contributed by atoms with van der Waals surface area (Å²) in [5.74, 6) is 0.518. The predicted octanol–water partition coefficient (Wildman–Crippen LogP) is 1.43. The van der Waals surface area contributed by atoms with Gasteiger partial charge in [0.05, 0.1) is 0 Å². The zero-order chi connectivity index (χ0) is 8.27. The molecule has 0 aromatic heterocycles. The SMILES string of the molecule is CN(C)C(=O)C1CC=CCC1. The molecule has 0 spiro atoms. The lowest BCUT2D eigenvalue weighted by molar-refractivity contribution is -0.133. The summed E-state index contributed by atoms with van der Waals surface area (Å²) in [6.45, 7) is 0. The number of carbonyl (C=O) groups is 1. The summed E-state index contributed by atoms with van der Waals surface area (Å²) in [5, 5.41) is 0. The molecule has 2 nitrogen and oxygen atoms in total. The standard InChI is InChI=1S/C9H15NO/c1-10(2)9(11)8-6-4-3-5-7-8/h3-4,8H,5-7H2,1-2H3. The Balaban J connectivity index is 2.47. The van der Waals surface area contributed by atoms with Crippen LogP contribution in [0.25, 0.3) is 0 Å². The van der Waals surface area contributed by atoms with Crippen molar-refractivity contribution in [1.82, 2.24) is 4.90 Å². The van der Waals surface area contributed by atoms with E-state index in [-0.39, 0.29) is 11.8 Å². The summed E-state index contributed by atoms with van der Waals surface area (Å²) < 4.78 is 0. The van der Waals surface area contributed by atoms with Gasteiger partial charge in [-0.1, -0.05) is 12.2 Å². The molecule has 1 atom stereocenters. The molecule has 1 aliphatic rings. The average molecular weight is 153 g/mol. The van der Waals surface area contributed by atoms with E-state index in [0.29, 0.717) is 0 Å². The van der Waals surface area contributed by atoms with Crippen LogP contribution in [-0.2, 0) is 4.79 Å². The van der Waals surface area contributed by atoms with Crippen molar-refractivity contribution >= 4 is 5.91 Å². The van der Waals surface area contributed by atoms with Crippen LogP contribution in [0, 0.1) is 5.92 Å². The molecule has 0 aliphatic heterocycles. The Morgan fingerprint density at radius 1 is 1.45 bits per heavy atom. The number of carbonyl (C=O) groups excluding carboxylic acids is 1. The summed E-state index contributed by atoms with van der Waals surface area (Å²) in [6.07, 6.45) is 7.27. The lowest BCUT2D eigenvalue weighted by Crippen LogP contribution is -2.29. The van der Waals surface area contributed by atoms with Gasteiger partial charge in [0.1, 0.15) is 0 Å². The Hall–Kier alpha value is -0.790. The molecule has 0 saturated heterocycles. The molecule has 62 valence electrons. The first-order valence-corrected chi connectivity index (χ1v) is 4.08. The number of hydrogen-bond acceptors (Lipinski definition) is 1. The minimum absolute atomic E-state index is 0.245. The van der Waals surface area contributed by atoms with E-state index in [0.717, 1.165) is 19.3 Å². The quantitative estimate of drug-likeness (QED) is 0.522. The number of allylic oxidation sites excluding steroid dienone is 2. The molecule has 0 radical (unpaired) electrons. The summed E-state index contributed by atoms with van der Waals surface area (Å²) in [7, 11) is 3.64. The van der Waals surface area contributed by atoms with Gasteiger partial charge in [0.25, 0.3) is 0 Å². The highest BCUT2D eigenvalue weighted by Crippen LogP contribution is 2.19. The molecule has 1 amide bonds. The van der Waals surface area contributed by atoms with E-state index >= 15 is 0 Å². The molecule has 1 rings (SSSR count). The fraction of sp³-hybridized carbons (Fsp3) is 0.667. The molecule has 1 unspecified atom stereocenters. The van der Waals surface area contributed by atoms with Crippen LogP contribution in [0.4, 0.5) is 0 Å². The van der Waals surface area contributed by atoms with E-state index in [2.05, 4.69) is 12.2 Å². The molecule has 11 heavy (non-hydrogen) atoms. The fourth-order valence-electron chi connectivity index (χ4n) is 1.38. The van der Waals surface area contributed by atoms with E-state index in [1.54, 1.807) is 4.90 Å². The highest BCUT2D eigenvalue weighted by Gasteiger charge is 2.19. The van der Waals surface area contributed by atoms with Gasteiger partial charge in [-0.15, -0.1) is 0 Å². The Morgan fingerprint density at radius 3 is 2.64 bits per heavy atom. The zero-order valence-electron chi connectivity index (χ0n) is 7.21. The van der Waals surface area contributed by atoms with Gasteiger partial charge in [-0.3, -0.25) is 4.79 Å². The van der Waals surface area contributed by atoms with Crippen molar-refractivity contribution in [3.8, 4) is 0 Å². The third-order valence-corrected chi connectivity index (χ3v) is 2.06. The first-order valence-electron chi connectivity index (χ1n) is 4.08. The molecule has 0 aromatic carbocycles. The van der Waals surface area contributed by atoms with Crippen molar-refractivity contribution in [2.45, 2.75) is 19.3 Å². The van der Waals surface area contributed by atoms with Crippen LogP contribution in [0.2, 0.25) is 0 Å². The average Bonchev–Trinajstić information content (AvgIpc) is 2.05. The minimum Gasteiger partial charge on any atom is -0.349 e. The first-order chi connectivity index (χ1) is 5.22. The van der Waals surface area contributed by atoms with Crippen LogP contribution in [0.3, 0.4) is 0 Å². The highest BCUT2D eigenvalue weighted by molar-refractivity contribution is 5.78. The minimum atomic E-state index is 0.245. The van der Waals surface area contributed by atoms with E-state index in [9.17, 15) is 4.79 Å². The molecule has 0 aromatic rings. The normalized spacial score (nSPS) is 23.3. The van der Waals surface area contributed by atoms with Gasteiger partial charge < -0.3 is 4.90 Å². The van der Waals surface area contributed by atoms with Gasteiger partial charge in [0.2, 0.25) is 5.91 Å². The molecule has 0 saturated carbocycles. The summed E-state index contributed by atoms with van der Waals surface area (Å²) >= 11 is 0. The maximum Gasteiger partial charge on any atom is 0.225 e. The second-order valence-corrected chi connectivity index (χ2v) is 3.21. The van der Waals surface area contributed by atoms with Gasteiger partial charge in [0.15, 0.2) is 0 Å². The number of nitrogens with zero attached hydrogens (tertiary/aromatic N) is 1. The van der Waals surface area contributed by atoms with Gasteiger partial charge in [0, 0.05) is 20.0 Å². The second kappa shape index (κ2) is 3.56. The molecular formula is C9H15NO. The molecule has 0 fully saturated rings. The molecule has 1 aliphatic carbocycles. The molecule has 0 heterocycles. The Bertz CT molecular complexity index is 172. The number of hydrogen-bond donors (Lipinski definition) is 0. The smallest absolute Gasteiger partial charge is 0.225 e. The van der Waals surface area contributed by atoms with Crippen LogP contribution in [0.15, 0.2) is 12.2 Å². The monoisotopic (exact) mass is 153 g/mol. The van der Waals surface area contributed by atoms with Crippen LogP contribution in [0.1, 0.15) is 19.3 Å². The van der Waals surface area contributed by atoms with Gasteiger partial charge in [-0.2, -0.15) is 0 Å². The van der Waals surface area contributed by atoms with Crippen LogP contribution >= 0.6 is 0 Å². The van der Waals surface area contributed by atoms with Crippen LogP contribution < -0.4 is 0 Å². The fourth-order valence-corrected chi connectivity index (χ4v) is 1.38. The van der Waals surface area contributed by atoms with Gasteiger partial charge in [-0.25, -0.2) is 0 Å². The van der Waals surface area contributed by atoms with Crippen LogP contribution in [-0.4, -0.2) is 24.9 Å². The van der Waals surface area contributed by atoms with Crippen LogP contribution in [0.5, 0.6) is 0 Å². The van der Waals surface area contributed by atoms with Crippen molar-refractivity contribution in [3.63, 3.8) is 0 Å². The maximum absolute atomic E-state index is 11.4. The molecular weight excluding hydrogens is 138 g/mol. The van der Waals surface area contributed by atoms with E-state index in [1.165, 1.54) is 0 Å². The van der Waals surface area contributed by atoms with Crippen molar-refractivity contribution in [2.75, 3.05) is 14.1 Å². The van der Waals surface area contributed by atoms with E-state index in [1.807, 2.05) is 14.1 Å². The lowest BCUT2D eigenvalue weighted by atomic mass is 9.93. The largest absolute Gasteiger partial charge is 0.349 e. The van der Waals surface area contributed by atoms with E-state index < -0.39 is 0 Å². The Kier molecular flexibility index (Phi) is 2.69. The third-order valence-electron chi connectivity index (χ3n) is 2.06. The lowest BCUT2D eigenvalue weighted by Gasteiger charge is -2.20. The number of amides is 1. The first kappa shape index (κ1) is 8.31. The van der Waals surface area contributed by atoms with Crippen molar-refractivity contribution < 1.29 is 4.79 Å². The molecule has 0 bridgehead atoms. The second-order valence-electron chi connectivity index (χ2n) is 3.21.